The second kappa shape index (κ2) is 6.96. The van der Waals surface area contributed by atoms with Crippen molar-refractivity contribution < 1.29 is 9.47 Å². The summed E-state index contributed by atoms with van der Waals surface area (Å²) in [5.41, 5.74) is 3.28. The standard InChI is InChI=1S/C13H16ClN5O2/c1-20-10-5-3-4-9(14)8(10)6-16-12-11(21-2)13(19-15)18-7-17-12/h3-5,7H,6,15H2,1-2H3,(H2,16,17,18,19). The van der Waals surface area contributed by atoms with Crippen LogP contribution in [-0.4, -0.2) is 24.2 Å². The topological polar surface area (TPSA) is 94.3 Å². The molecule has 0 bridgehead atoms. The smallest absolute Gasteiger partial charge is 0.205 e. The first-order chi connectivity index (χ1) is 10.2. The fourth-order valence-electron chi connectivity index (χ4n) is 1.87. The number of hydrogen-bond donors (Lipinski definition) is 3. The van der Waals surface area contributed by atoms with Gasteiger partial charge in [-0.25, -0.2) is 15.8 Å². The third kappa shape index (κ3) is 3.26. The van der Waals surface area contributed by atoms with E-state index in [9.17, 15) is 0 Å². The number of halogens is 1. The maximum absolute atomic E-state index is 6.19. The number of rotatable bonds is 6. The van der Waals surface area contributed by atoms with Crippen LogP contribution in [0, 0.1) is 0 Å². The van der Waals surface area contributed by atoms with Crippen LogP contribution >= 0.6 is 11.6 Å². The number of benzene rings is 1. The van der Waals surface area contributed by atoms with Crippen molar-refractivity contribution in [2.75, 3.05) is 25.0 Å². The van der Waals surface area contributed by atoms with Gasteiger partial charge in [-0.1, -0.05) is 17.7 Å². The van der Waals surface area contributed by atoms with E-state index in [1.165, 1.54) is 13.4 Å². The first-order valence-corrected chi connectivity index (χ1v) is 6.50. The van der Waals surface area contributed by atoms with Crippen molar-refractivity contribution in [1.82, 2.24) is 9.97 Å². The van der Waals surface area contributed by atoms with Crippen molar-refractivity contribution in [2.45, 2.75) is 6.54 Å². The lowest BCUT2D eigenvalue weighted by Gasteiger charge is -2.14. The van der Waals surface area contributed by atoms with Crippen LogP contribution in [0.1, 0.15) is 5.56 Å². The van der Waals surface area contributed by atoms with E-state index in [1.807, 2.05) is 12.1 Å². The molecule has 2 aromatic rings. The molecule has 0 aliphatic rings. The van der Waals surface area contributed by atoms with Crippen LogP contribution in [0.5, 0.6) is 11.5 Å². The van der Waals surface area contributed by atoms with E-state index in [0.29, 0.717) is 34.7 Å². The van der Waals surface area contributed by atoms with Gasteiger partial charge in [0.1, 0.15) is 12.1 Å². The Kier molecular flexibility index (Phi) is 5.02. The Morgan fingerprint density at radius 3 is 2.62 bits per heavy atom. The second-order valence-corrected chi connectivity index (χ2v) is 4.43. The summed E-state index contributed by atoms with van der Waals surface area (Å²) in [6.45, 7) is 0.417. The molecule has 0 amide bonds. The summed E-state index contributed by atoms with van der Waals surface area (Å²) in [5.74, 6) is 7.39. The van der Waals surface area contributed by atoms with Gasteiger partial charge in [-0.05, 0) is 12.1 Å². The lowest BCUT2D eigenvalue weighted by atomic mass is 10.2. The lowest BCUT2D eigenvalue weighted by molar-refractivity contribution is 0.409. The third-order valence-corrected chi connectivity index (χ3v) is 3.23. The van der Waals surface area contributed by atoms with Crippen molar-refractivity contribution in [1.29, 1.82) is 0 Å². The van der Waals surface area contributed by atoms with Gasteiger partial charge in [0.25, 0.3) is 0 Å². The molecule has 2 rings (SSSR count). The Bertz CT molecular complexity index is 624. The number of nitrogens with one attached hydrogen (secondary N) is 2. The van der Waals surface area contributed by atoms with E-state index in [0.717, 1.165) is 5.56 Å². The van der Waals surface area contributed by atoms with Gasteiger partial charge in [0.15, 0.2) is 11.6 Å². The highest BCUT2D eigenvalue weighted by atomic mass is 35.5. The summed E-state index contributed by atoms with van der Waals surface area (Å²) >= 11 is 6.19. The molecular weight excluding hydrogens is 294 g/mol. The molecule has 0 spiro atoms. The zero-order valence-corrected chi connectivity index (χ0v) is 12.4. The van der Waals surface area contributed by atoms with Crippen LogP contribution in [0.4, 0.5) is 11.6 Å². The number of nitrogens with two attached hydrogens (primary N) is 1. The van der Waals surface area contributed by atoms with Crippen molar-refractivity contribution in [3.63, 3.8) is 0 Å². The molecule has 4 N–H and O–H groups in total. The number of hydrogen-bond acceptors (Lipinski definition) is 7. The average molecular weight is 310 g/mol. The van der Waals surface area contributed by atoms with Gasteiger partial charge < -0.3 is 20.2 Å². The summed E-state index contributed by atoms with van der Waals surface area (Å²) in [6, 6.07) is 5.46. The van der Waals surface area contributed by atoms with E-state index >= 15 is 0 Å². The van der Waals surface area contributed by atoms with Crippen LogP contribution in [0.2, 0.25) is 5.02 Å². The first-order valence-electron chi connectivity index (χ1n) is 6.12. The Balaban J connectivity index is 2.25. The van der Waals surface area contributed by atoms with E-state index in [4.69, 9.17) is 26.9 Å². The Morgan fingerprint density at radius 1 is 1.19 bits per heavy atom. The fraction of sp³-hybridized carbons (Fsp3) is 0.231. The molecule has 0 saturated carbocycles. The van der Waals surface area contributed by atoms with Crippen molar-refractivity contribution >= 4 is 23.2 Å². The normalized spacial score (nSPS) is 10.1. The van der Waals surface area contributed by atoms with Crippen LogP contribution in [0.3, 0.4) is 0 Å². The predicted molar refractivity (Wildman–Crippen MR) is 81.7 cm³/mol. The minimum Gasteiger partial charge on any atom is -0.496 e. The van der Waals surface area contributed by atoms with Gasteiger partial charge in [0, 0.05) is 17.1 Å². The number of nitrogens with zero attached hydrogens (tertiary/aromatic N) is 2. The maximum atomic E-state index is 6.19. The molecule has 8 heteroatoms. The van der Waals surface area contributed by atoms with Crippen molar-refractivity contribution in [3.8, 4) is 11.5 Å². The van der Waals surface area contributed by atoms with Crippen molar-refractivity contribution in [2.24, 2.45) is 5.84 Å². The number of anilines is 2. The molecule has 0 unspecified atom stereocenters. The molecule has 21 heavy (non-hydrogen) atoms. The van der Waals surface area contributed by atoms with Gasteiger partial charge in [-0.15, -0.1) is 0 Å². The average Bonchev–Trinajstić information content (AvgIpc) is 2.52. The number of nitrogen functional groups attached to an aromatic ring is 1. The predicted octanol–water partition coefficient (Wildman–Crippen LogP) is 2.04. The van der Waals surface area contributed by atoms with Gasteiger partial charge >= 0.3 is 0 Å². The number of methoxy groups -OCH3 is 2. The maximum Gasteiger partial charge on any atom is 0.205 e. The SMILES string of the molecule is COc1cccc(Cl)c1CNc1ncnc(NN)c1OC. The van der Waals surface area contributed by atoms with E-state index < -0.39 is 0 Å². The molecule has 0 atom stereocenters. The molecule has 0 aliphatic carbocycles. The Morgan fingerprint density at radius 2 is 1.95 bits per heavy atom. The largest absolute Gasteiger partial charge is 0.496 e. The summed E-state index contributed by atoms with van der Waals surface area (Å²) in [6.07, 6.45) is 1.38. The summed E-state index contributed by atoms with van der Waals surface area (Å²) < 4.78 is 10.5. The van der Waals surface area contributed by atoms with Crippen LogP contribution in [-0.2, 0) is 6.54 Å². The van der Waals surface area contributed by atoms with E-state index in [2.05, 4.69) is 20.7 Å². The van der Waals surface area contributed by atoms with Gasteiger partial charge in [0.2, 0.25) is 5.75 Å². The fourth-order valence-corrected chi connectivity index (χ4v) is 2.10. The number of ether oxygens (including phenoxy) is 2. The van der Waals surface area contributed by atoms with Gasteiger partial charge in [0.05, 0.1) is 14.2 Å². The van der Waals surface area contributed by atoms with Gasteiger partial charge in [-0.2, -0.15) is 0 Å². The van der Waals surface area contributed by atoms with E-state index in [-0.39, 0.29) is 0 Å². The Labute approximate surface area is 127 Å². The molecule has 0 aliphatic heterocycles. The first kappa shape index (κ1) is 15.1. The molecule has 0 saturated heterocycles. The number of aromatic nitrogens is 2. The van der Waals surface area contributed by atoms with Crippen LogP contribution in [0.15, 0.2) is 24.5 Å². The molecule has 0 radical (unpaired) electrons. The molecule has 1 heterocycles. The lowest BCUT2D eigenvalue weighted by Crippen LogP contribution is -2.12. The monoisotopic (exact) mass is 309 g/mol. The minimum atomic E-state index is 0.390. The highest BCUT2D eigenvalue weighted by Gasteiger charge is 2.13. The molecule has 0 fully saturated rings. The quantitative estimate of drug-likeness (QED) is 0.555. The third-order valence-electron chi connectivity index (χ3n) is 2.87. The summed E-state index contributed by atoms with van der Waals surface area (Å²) in [7, 11) is 3.11. The molecule has 1 aromatic heterocycles. The molecular formula is C13H16ClN5O2. The van der Waals surface area contributed by atoms with Crippen LogP contribution < -0.4 is 26.1 Å². The molecule has 7 nitrogen and oxygen atoms in total. The van der Waals surface area contributed by atoms with E-state index in [1.54, 1.807) is 13.2 Å². The van der Waals surface area contributed by atoms with Crippen molar-refractivity contribution in [3.05, 3.63) is 35.1 Å². The highest BCUT2D eigenvalue weighted by molar-refractivity contribution is 6.31. The summed E-state index contributed by atoms with van der Waals surface area (Å²) in [5, 5.41) is 3.74. The molecule has 1 aromatic carbocycles. The zero-order chi connectivity index (χ0) is 15.2. The molecule has 112 valence electrons. The minimum absolute atomic E-state index is 0.390. The zero-order valence-electron chi connectivity index (χ0n) is 11.7. The summed E-state index contributed by atoms with van der Waals surface area (Å²) in [4.78, 5) is 8.10. The van der Waals surface area contributed by atoms with Crippen LogP contribution in [0.25, 0.3) is 0 Å². The number of hydrazine groups is 1. The van der Waals surface area contributed by atoms with Gasteiger partial charge in [-0.3, -0.25) is 0 Å². The highest BCUT2D eigenvalue weighted by Crippen LogP contribution is 2.31. The second-order valence-electron chi connectivity index (χ2n) is 4.02. The Hall–Kier alpha value is -2.25.